The molecule has 82 valence electrons. The lowest BCUT2D eigenvalue weighted by molar-refractivity contribution is 0.0588. The molecule has 0 radical (unpaired) electrons. The molecule has 0 N–H and O–H groups in total. The lowest BCUT2D eigenvalue weighted by Crippen LogP contribution is -2.08. The van der Waals surface area contributed by atoms with Crippen molar-refractivity contribution in [1.29, 1.82) is 0 Å². The Hall–Kier alpha value is -1.17. The molecule has 0 atom stereocenters. The Kier molecular flexibility index (Phi) is 4.48. The van der Waals surface area contributed by atoms with Crippen molar-refractivity contribution < 1.29 is 18.7 Å². The second-order valence-electron chi connectivity index (χ2n) is 2.53. The molecule has 1 rings (SSSR count). The number of rotatable bonds is 4. The van der Waals surface area contributed by atoms with Gasteiger partial charge >= 0.3 is 5.97 Å². The summed E-state index contributed by atoms with van der Waals surface area (Å²) in [5.74, 6) is -1.28. The van der Waals surface area contributed by atoms with E-state index in [2.05, 4.69) is 25.7 Å². The molecule has 0 saturated heterocycles. The van der Waals surface area contributed by atoms with Crippen molar-refractivity contribution in [2.75, 3.05) is 19.0 Å². The fourth-order valence-electron chi connectivity index (χ4n) is 0.903. The summed E-state index contributed by atoms with van der Waals surface area (Å²) in [4.78, 5) is 14.6. The summed E-state index contributed by atoms with van der Waals surface area (Å²) < 4.78 is 22.7. The number of esters is 1. The summed E-state index contributed by atoms with van der Waals surface area (Å²) in [5.41, 5.74) is -0.344. The molecule has 0 aliphatic heterocycles. The minimum Gasteiger partial charge on any atom is -0.491 e. The quantitative estimate of drug-likeness (QED) is 0.622. The number of ether oxygens (including phenoxy) is 2. The number of alkyl halides is 1. The lowest BCUT2D eigenvalue weighted by atomic mass is 10.3. The van der Waals surface area contributed by atoms with Crippen LogP contribution >= 0.6 is 15.9 Å². The van der Waals surface area contributed by atoms with E-state index in [1.807, 2.05) is 0 Å². The van der Waals surface area contributed by atoms with Crippen LogP contribution in [0.5, 0.6) is 5.75 Å². The zero-order chi connectivity index (χ0) is 11.3. The minimum atomic E-state index is -0.806. The van der Waals surface area contributed by atoms with Crippen LogP contribution in [-0.2, 0) is 4.74 Å². The van der Waals surface area contributed by atoms with Gasteiger partial charge in [-0.15, -0.1) is 0 Å². The van der Waals surface area contributed by atoms with Gasteiger partial charge in [0, 0.05) is 11.4 Å². The maximum atomic E-state index is 13.3. The van der Waals surface area contributed by atoms with Crippen molar-refractivity contribution in [3.8, 4) is 5.75 Å². The highest BCUT2D eigenvalue weighted by Gasteiger charge is 2.14. The highest BCUT2D eigenvalue weighted by Crippen LogP contribution is 2.14. The monoisotopic (exact) mass is 277 g/mol. The first-order chi connectivity index (χ1) is 7.19. The first kappa shape index (κ1) is 11.9. The summed E-state index contributed by atoms with van der Waals surface area (Å²) in [6.07, 6.45) is 1.28. The van der Waals surface area contributed by atoms with Crippen LogP contribution in [0.4, 0.5) is 4.39 Å². The second kappa shape index (κ2) is 5.65. The fraction of sp³-hybridized carbons (Fsp3) is 0.333. The largest absolute Gasteiger partial charge is 0.491 e. The van der Waals surface area contributed by atoms with E-state index < -0.39 is 11.8 Å². The Morgan fingerprint density at radius 1 is 1.67 bits per heavy atom. The number of pyridine rings is 1. The molecule has 6 heteroatoms. The van der Waals surface area contributed by atoms with E-state index in [-0.39, 0.29) is 11.4 Å². The second-order valence-corrected chi connectivity index (χ2v) is 3.32. The predicted octanol–water partition coefficient (Wildman–Crippen LogP) is 1.78. The first-order valence-electron chi connectivity index (χ1n) is 4.11. The Morgan fingerprint density at radius 2 is 2.40 bits per heavy atom. The molecule has 0 fully saturated rings. The molecule has 0 amide bonds. The molecule has 15 heavy (non-hydrogen) atoms. The molecule has 0 saturated carbocycles. The highest BCUT2D eigenvalue weighted by molar-refractivity contribution is 9.09. The normalized spacial score (nSPS) is 9.80. The fourth-order valence-corrected chi connectivity index (χ4v) is 1.06. The molecule has 1 aromatic heterocycles. The number of carbonyl (C=O) groups is 1. The summed E-state index contributed by atoms with van der Waals surface area (Å²) in [5, 5.41) is 0.632. The first-order valence-corrected chi connectivity index (χ1v) is 5.23. The molecule has 0 spiro atoms. The molecule has 0 bridgehead atoms. The van der Waals surface area contributed by atoms with Gasteiger partial charge in [0.1, 0.15) is 5.75 Å². The van der Waals surface area contributed by atoms with Crippen LogP contribution in [0, 0.1) is 5.82 Å². The van der Waals surface area contributed by atoms with Crippen LogP contribution in [0.3, 0.4) is 0 Å². The average Bonchev–Trinajstić information content (AvgIpc) is 2.25. The number of aromatic nitrogens is 1. The highest BCUT2D eigenvalue weighted by atomic mass is 79.9. The van der Waals surface area contributed by atoms with Gasteiger partial charge in [-0.1, -0.05) is 15.9 Å². The van der Waals surface area contributed by atoms with Gasteiger partial charge in [0.2, 0.25) is 0 Å². The topological polar surface area (TPSA) is 48.4 Å². The number of hydrogen-bond acceptors (Lipinski definition) is 4. The maximum Gasteiger partial charge on any atom is 0.359 e. The van der Waals surface area contributed by atoms with Gasteiger partial charge in [-0.2, -0.15) is 0 Å². The van der Waals surface area contributed by atoms with E-state index in [4.69, 9.17) is 4.74 Å². The van der Waals surface area contributed by atoms with Crippen molar-refractivity contribution in [1.82, 2.24) is 4.98 Å². The molecular weight excluding hydrogens is 269 g/mol. The van der Waals surface area contributed by atoms with Gasteiger partial charge in [-0.05, 0) is 0 Å². The number of hydrogen-bond donors (Lipinski definition) is 0. The van der Waals surface area contributed by atoms with E-state index in [0.717, 1.165) is 6.07 Å². The van der Waals surface area contributed by atoms with E-state index >= 15 is 0 Å². The summed E-state index contributed by atoms with van der Waals surface area (Å²) in [6.45, 7) is 0.401. The maximum absolute atomic E-state index is 13.3. The average molecular weight is 278 g/mol. The molecule has 0 unspecified atom stereocenters. The minimum absolute atomic E-state index is 0.277. The van der Waals surface area contributed by atoms with Crippen molar-refractivity contribution >= 4 is 21.9 Å². The molecule has 1 aromatic rings. The third kappa shape index (κ3) is 3.16. The molecule has 1 heterocycles. The zero-order valence-electron chi connectivity index (χ0n) is 8.00. The van der Waals surface area contributed by atoms with Gasteiger partial charge in [-0.25, -0.2) is 14.2 Å². The molecule has 0 aromatic carbocycles. The molecule has 0 aliphatic carbocycles. The number of nitrogens with zero attached hydrogens (tertiary/aromatic N) is 1. The Morgan fingerprint density at radius 3 is 2.93 bits per heavy atom. The van der Waals surface area contributed by atoms with E-state index in [0.29, 0.717) is 11.9 Å². The van der Waals surface area contributed by atoms with Crippen molar-refractivity contribution in [3.63, 3.8) is 0 Å². The third-order valence-corrected chi connectivity index (χ3v) is 1.86. The van der Waals surface area contributed by atoms with Gasteiger partial charge < -0.3 is 9.47 Å². The predicted molar refractivity (Wildman–Crippen MR) is 54.8 cm³/mol. The van der Waals surface area contributed by atoms with Crippen molar-refractivity contribution in [2.24, 2.45) is 0 Å². The van der Waals surface area contributed by atoms with Crippen molar-refractivity contribution in [2.45, 2.75) is 0 Å². The zero-order valence-corrected chi connectivity index (χ0v) is 9.58. The molecular formula is C9H9BrFNO3. The summed E-state index contributed by atoms with van der Waals surface area (Å²) in [6, 6.07) is 1.10. The number of halogens is 2. The third-order valence-electron chi connectivity index (χ3n) is 1.54. The van der Waals surface area contributed by atoms with Crippen LogP contribution in [-0.4, -0.2) is 30.0 Å². The summed E-state index contributed by atoms with van der Waals surface area (Å²) in [7, 11) is 1.17. The molecule has 4 nitrogen and oxygen atoms in total. The lowest BCUT2D eigenvalue weighted by Gasteiger charge is -2.05. The summed E-state index contributed by atoms with van der Waals surface area (Å²) >= 11 is 3.16. The van der Waals surface area contributed by atoms with E-state index in [9.17, 15) is 9.18 Å². The van der Waals surface area contributed by atoms with Gasteiger partial charge in [0.05, 0.1) is 19.9 Å². The Bertz CT molecular complexity index is 359. The molecule has 0 aliphatic rings. The van der Waals surface area contributed by atoms with Crippen molar-refractivity contribution in [3.05, 3.63) is 23.8 Å². The van der Waals surface area contributed by atoms with Crippen LogP contribution < -0.4 is 4.74 Å². The van der Waals surface area contributed by atoms with Gasteiger partial charge in [-0.3, -0.25) is 0 Å². The van der Waals surface area contributed by atoms with Gasteiger partial charge in [0.15, 0.2) is 11.5 Å². The number of carbonyl (C=O) groups excluding carboxylic acids is 1. The standard InChI is InChI=1S/C9H9BrFNO3/c1-14-9(13)8-7(11)4-6(5-12-8)15-3-2-10/h4-5H,2-3H2,1H3. The van der Waals surface area contributed by atoms with Crippen LogP contribution in [0.2, 0.25) is 0 Å². The SMILES string of the molecule is COC(=O)c1ncc(OCCBr)cc1F. The Balaban J connectivity index is 2.83. The van der Waals surface area contributed by atoms with E-state index in [1.165, 1.54) is 13.3 Å². The smallest absolute Gasteiger partial charge is 0.359 e. The van der Waals surface area contributed by atoms with Crippen LogP contribution in [0.15, 0.2) is 12.3 Å². The van der Waals surface area contributed by atoms with Crippen LogP contribution in [0.1, 0.15) is 10.5 Å². The van der Waals surface area contributed by atoms with E-state index in [1.54, 1.807) is 0 Å². The number of methoxy groups -OCH3 is 1. The Labute approximate surface area is 94.5 Å². The van der Waals surface area contributed by atoms with Gasteiger partial charge in [0.25, 0.3) is 0 Å². The van der Waals surface area contributed by atoms with Crippen LogP contribution in [0.25, 0.3) is 0 Å².